The van der Waals surface area contributed by atoms with Gasteiger partial charge in [0.2, 0.25) is 10.0 Å². The standard InChI is InChI=1S/C11H11BrN2O4S3/c1-13-20(15,16)9-4-2-3-8(7-9)14-21(17,18)11-10(12)5-6-19-11/h2-7,13-14H,1H3. The van der Waals surface area contributed by atoms with Crippen LogP contribution in [-0.2, 0) is 20.0 Å². The van der Waals surface area contributed by atoms with Gasteiger partial charge in [0.1, 0.15) is 0 Å². The number of hydrogen-bond donors (Lipinski definition) is 2. The fraction of sp³-hybridized carbons (Fsp3) is 0.0909. The molecule has 0 saturated heterocycles. The second-order valence-corrected chi connectivity index (χ2v) is 9.43. The SMILES string of the molecule is CNS(=O)(=O)c1cccc(NS(=O)(=O)c2sccc2Br)c1. The molecule has 2 N–H and O–H groups in total. The van der Waals surface area contributed by atoms with Gasteiger partial charge in [-0.3, -0.25) is 4.72 Å². The summed E-state index contributed by atoms with van der Waals surface area (Å²) >= 11 is 4.22. The van der Waals surface area contributed by atoms with Crippen LogP contribution in [0.2, 0.25) is 0 Å². The first-order valence-corrected chi connectivity index (χ1v) is 10.2. The molecule has 0 aliphatic carbocycles. The van der Waals surface area contributed by atoms with Crippen LogP contribution >= 0.6 is 27.3 Å². The second-order valence-electron chi connectivity index (χ2n) is 3.90. The first-order chi connectivity index (χ1) is 9.76. The predicted molar refractivity (Wildman–Crippen MR) is 85.5 cm³/mol. The van der Waals surface area contributed by atoms with Gasteiger partial charge in [-0.15, -0.1) is 11.3 Å². The van der Waals surface area contributed by atoms with Crippen molar-refractivity contribution in [3.05, 3.63) is 40.2 Å². The topological polar surface area (TPSA) is 92.3 Å². The summed E-state index contributed by atoms with van der Waals surface area (Å²) in [6.07, 6.45) is 0. The van der Waals surface area contributed by atoms with Gasteiger partial charge in [0.15, 0.2) is 4.21 Å². The summed E-state index contributed by atoms with van der Waals surface area (Å²) in [4.78, 5) is -0.0181. The highest BCUT2D eigenvalue weighted by atomic mass is 79.9. The number of anilines is 1. The van der Waals surface area contributed by atoms with Crippen LogP contribution in [0.5, 0.6) is 0 Å². The van der Waals surface area contributed by atoms with Gasteiger partial charge >= 0.3 is 0 Å². The normalized spacial score (nSPS) is 12.3. The van der Waals surface area contributed by atoms with Crippen molar-refractivity contribution in [2.24, 2.45) is 0 Å². The molecule has 0 amide bonds. The molecular formula is C11H11BrN2O4S3. The van der Waals surface area contributed by atoms with E-state index in [9.17, 15) is 16.8 Å². The average molecular weight is 411 g/mol. The summed E-state index contributed by atoms with van der Waals surface area (Å²) in [7, 11) is -6.11. The zero-order valence-corrected chi connectivity index (χ0v) is 14.7. The van der Waals surface area contributed by atoms with Gasteiger partial charge in [0.05, 0.1) is 10.6 Å². The number of benzene rings is 1. The van der Waals surface area contributed by atoms with Crippen molar-refractivity contribution in [2.75, 3.05) is 11.8 Å². The third kappa shape index (κ3) is 3.64. The van der Waals surface area contributed by atoms with Crippen LogP contribution in [0.3, 0.4) is 0 Å². The van der Waals surface area contributed by atoms with Crippen molar-refractivity contribution >= 4 is 53.0 Å². The van der Waals surface area contributed by atoms with E-state index in [0.29, 0.717) is 4.47 Å². The lowest BCUT2D eigenvalue weighted by molar-refractivity contribution is 0.588. The van der Waals surface area contributed by atoms with Crippen molar-refractivity contribution in [2.45, 2.75) is 9.10 Å². The largest absolute Gasteiger partial charge is 0.279 e. The van der Waals surface area contributed by atoms with Gasteiger partial charge in [-0.05, 0) is 52.6 Å². The van der Waals surface area contributed by atoms with Crippen molar-refractivity contribution in [3.63, 3.8) is 0 Å². The maximum absolute atomic E-state index is 12.2. The Morgan fingerprint density at radius 2 is 1.81 bits per heavy atom. The fourth-order valence-electron chi connectivity index (χ4n) is 1.52. The Hall–Kier alpha value is -0.940. The molecule has 6 nitrogen and oxygen atoms in total. The van der Waals surface area contributed by atoms with Crippen LogP contribution in [0.25, 0.3) is 0 Å². The third-order valence-electron chi connectivity index (χ3n) is 2.49. The van der Waals surface area contributed by atoms with Crippen LogP contribution < -0.4 is 9.44 Å². The van der Waals surface area contributed by atoms with Gasteiger partial charge in [-0.1, -0.05) is 6.07 Å². The summed E-state index contributed by atoms with van der Waals surface area (Å²) in [6.45, 7) is 0. The zero-order chi connectivity index (χ0) is 15.7. The Labute approximate surface area is 135 Å². The summed E-state index contributed by atoms with van der Waals surface area (Å²) in [5.74, 6) is 0. The van der Waals surface area contributed by atoms with Gasteiger partial charge in [-0.25, -0.2) is 21.6 Å². The Bertz CT molecular complexity index is 859. The molecule has 114 valence electrons. The van der Waals surface area contributed by atoms with E-state index < -0.39 is 20.0 Å². The van der Waals surface area contributed by atoms with E-state index in [1.165, 1.54) is 31.3 Å². The molecule has 2 rings (SSSR count). The quantitative estimate of drug-likeness (QED) is 0.789. The molecule has 21 heavy (non-hydrogen) atoms. The van der Waals surface area contributed by atoms with Crippen LogP contribution in [-0.4, -0.2) is 23.9 Å². The van der Waals surface area contributed by atoms with E-state index >= 15 is 0 Å². The zero-order valence-electron chi connectivity index (χ0n) is 10.7. The molecule has 1 heterocycles. The van der Waals surface area contributed by atoms with Crippen molar-refractivity contribution in [1.82, 2.24) is 4.72 Å². The monoisotopic (exact) mass is 410 g/mol. The van der Waals surface area contributed by atoms with E-state index in [1.807, 2.05) is 0 Å². The average Bonchev–Trinajstić information content (AvgIpc) is 2.86. The smallest absolute Gasteiger partial charge is 0.272 e. The summed E-state index contributed by atoms with van der Waals surface area (Å²) in [5, 5.41) is 1.64. The van der Waals surface area contributed by atoms with E-state index in [-0.39, 0.29) is 14.8 Å². The highest BCUT2D eigenvalue weighted by molar-refractivity contribution is 9.10. The van der Waals surface area contributed by atoms with Crippen LogP contribution in [0, 0.1) is 0 Å². The minimum Gasteiger partial charge on any atom is -0.279 e. The molecule has 2 aromatic rings. The van der Waals surface area contributed by atoms with Crippen molar-refractivity contribution in [3.8, 4) is 0 Å². The molecule has 0 spiro atoms. The van der Waals surface area contributed by atoms with Crippen LogP contribution in [0.15, 0.2) is 49.3 Å². The van der Waals surface area contributed by atoms with E-state index in [1.54, 1.807) is 11.4 Å². The lowest BCUT2D eigenvalue weighted by Crippen LogP contribution is -2.19. The number of thiophene rings is 1. The van der Waals surface area contributed by atoms with Crippen molar-refractivity contribution in [1.29, 1.82) is 0 Å². The first-order valence-electron chi connectivity index (χ1n) is 5.56. The molecule has 0 aliphatic heterocycles. The number of rotatable bonds is 5. The summed E-state index contributed by atoms with van der Waals surface area (Å²) < 4.78 is 53.0. The van der Waals surface area contributed by atoms with Gasteiger partial charge in [0, 0.05) is 4.47 Å². The highest BCUT2D eigenvalue weighted by Crippen LogP contribution is 2.29. The maximum Gasteiger partial charge on any atom is 0.272 e. The van der Waals surface area contributed by atoms with Gasteiger partial charge in [-0.2, -0.15) is 0 Å². The van der Waals surface area contributed by atoms with E-state index in [2.05, 4.69) is 25.4 Å². The number of nitrogens with one attached hydrogen (secondary N) is 2. The van der Waals surface area contributed by atoms with Crippen molar-refractivity contribution < 1.29 is 16.8 Å². The minimum atomic E-state index is -3.76. The molecular weight excluding hydrogens is 400 g/mol. The molecule has 0 fully saturated rings. The predicted octanol–water partition coefficient (Wildman–Crippen LogP) is 2.22. The Balaban J connectivity index is 2.37. The molecule has 0 saturated carbocycles. The Morgan fingerprint density at radius 1 is 1.10 bits per heavy atom. The lowest BCUT2D eigenvalue weighted by atomic mass is 10.3. The van der Waals surface area contributed by atoms with E-state index in [4.69, 9.17) is 0 Å². The molecule has 0 bridgehead atoms. The van der Waals surface area contributed by atoms with Crippen LogP contribution in [0.1, 0.15) is 0 Å². The highest BCUT2D eigenvalue weighted by Gasteiger charge is 2.20. The number of halogens is 1. The number of sulfonamides is 2. The molecule has 0 radical (unpaired) electrons. The first kappa shape index (κ1) is 16.4. The Morgan fingerprint density at radius 3 is 2.38 bits per heavy atom. The molecule has 1 aromatic carbocycles. The maximum atomic E-state index is 12.2. The van der Waals surface area contributed by atoms with Crippen LogP contribution in [0.4, 0.5) is 5.69 Å². The lowest BCUT2D eigenvalue weighted by Gasteiger charge is -2.09. The minimum absolute atomic E-state index is 0.0181. The summed E-state index contributed by atoms with van der Waals surface area (Å²) in [6, 6.07) is 7.20. The fourth-order valence-corrected chi connectivity index (χ4v) is 5.68. The third-order valence-corrected chi connectivity index (χ3v) is 7.96. The molecule has 0 unspecified atom stereocenters. The molecule has 0 aliphatic rings. The number of hydrogen-bond acceptors (Lipinski definition) is 5. The second kappa shape index (κ2) is 6.05. The molecule has 1 aromatic heterocycles. The molecule has 10 heteroatoms. The summed E-state index contributed by atoms with van der Waals surface area (Å²) in [5.41, 5.74) is 0.173. The van der Waals surface area contributed by atoms with E-state index in [0.717, 1.165) is 11.3 Å². The molecule has 0 atom stereocenters. The van der Waals surface area contributed by atoms with Gasteiger partial charge in [0.25, 0.3) is 10.0 Å². The van der Waals surface area contributed by atoms with Gasteiger partial charge < -0.3 is 0 Å². The Kier molecular flexibility index (Phi) is 4.73.